The monoisotopic (exact) mass is 428 g/mol. The number of hydrogen-bond acceptors (Lipinski definition) is 5. The number of rotatable bonds is 5. The van der Waals surface area contributed by atoms with Crippen molar-refractivity contribution in [3.63, 3.8) is 0 Å². The molecule has 0 saturated heterocycles. The topological polar surface area (TPSA) is 60.8 Å². The third-order valence-corrected chi connectivity index (χ3v) is 6.27. The maximum absolute atomic E-state index is 6.19. The molecule has 0 amide bonds. The predicted molar refractivity (Wildman–Crippen MR) is 119 cm³/mol. The molecule has 6 heteroatoms. The fourth-order valence-corrected chi connectivity index (χ4v) is 4.99. The molecule has 0 spiro atoms. The van der Waals surface area contributed by atoms with E-state index in [2.05, 4.69) is 63.5 Å². The fraction of sp³-hybridized carbons (Fsp3) is 0.200. The van der Waals surface area contributed by atoms with E-state index in [-0.39, 0.29) is 29.0 Å². The molecule has 2 aromatic heterocycles. The highest BCUT2D eigenvalue weighted by Crippen LogP contribution is 2.65. The van der Waals surface area contributed by atoms with Crippen LogP contribution in [-0.4, -0.2) is 27.0 Å². The van der Waals surface area contributed by atoms with Crippen molar-refractivity contribution in [2.45, 2.75) is 23.7 Å². The van der Waals surface area contributed by atoms with Gasteiger partial charge in [0.15, 0.2) is 0 Å². The van der Waals surface area contributed by atoms with Crippen molar-refractivity contribution in [2.24, 2.45) is 0 Å². The zero-order chi connectivity index (χ0) is 21.2. The van der Waals surface area contributed by atoms with Crippen molar-refractivity contribution < 1.29 is 4.74 Å². The van der Waals surface area contributed by atoms with Crippen LogP contribution in [0.4, 0.5) is 0 Å². The van der Waals surface area contributed by atoms with E-state index in [1.165, 1.54) is 11.1 Å². The lowest BCUT2D eigenvalue weighted by Gasteiger charge is -2.52. The lowest BCUT2D eigenvalue weighted by atomic mass is 9.50. The average Bonchev–Trinajstić information content (AvgIpc) is 2.80. The van der Waals surface area contributed by atoms with Gasteiger partial charge >= 0.3 is 6.01 Å². The van der Waals surface area contributed by atoms with E-state index in [0.717, 1.165) is 11.4 Å². The summed E-state index contributed by atoms with van der Waals surface area (Å²) in [6.07, 6.45) is 3.50. The van der Waals surface area contributed by atoms with Crippen LogP contribution in [-0.2, 0) is 0 Å². The molecule has 1 aliphatic carbocycles. The maximum atomic E-state index is 6.19. The number of aromatic nitrogens is 4. The molecule has 0 N–H and O–H groups in total. The summed E-state index contributed by atoms with van der Waals surface area (Å²) in [7, 11) is 1.59. The summed E-state index contributed by atoms with van der Waals surface area (Å²) < 4.78 is 5.32. The smallest absolute Gasteiger partial charge is 0.316 e. The lowest BCUT2D eigenvalue weighted by molar-refractivity contribution is 0.218. The number of methoxy groups -OCH3 is 1. The van der Waals surface area contributed by atoms with Gasteiger partial charge in [-0.1, -0.05) is 60.7 Å². The van der Waals surface area contributed by atoms with Crippen LogP contribution < -0.4 is 4.74 Å². The molecule has 154 valence electrons. The molecule has 1 saturated carbocycles. The van der Waals surface area contributed by atoms with Gasteiger partial charge in [0.1, 0.15) is 0 Å². The highest BCUT2D eigenvalue weighted by molar-refractivity contribution is 6.28. The van der Waals surface area contributed by atoms with Gasteiger partial charge in [0.2, 0.25) is 5.28 Å². The van der Waals surface area contributed by atoms with Gasteiger partial charge in [-0.25, -0.2) is 15.0 Å². The van der Waals surface area contributed by atoms with Crippen molar-refractivity contribution in [2.75, 3.05) is 7.11 Å². The van der Waals surface area contributed by atoms with Gasteiger partial charge in [0.25, 0.3) is 0 Å². The SMILES string of the molecule is COc1nccc(C2C(c3ccccc3)C(c3ccnc(Cl)n3)C2c2ccccc2)n1. The Morgan fingerprint density at radius 1 is 0.645 bits per heavy atom. The van der Waals surface area contributed by atoms with Gasteiger partial charge in [-0.05, 0) is 34.9 Å². The minimum atomic E-state index is 0.135. The highest BCUT2D eigenvalue weighted by atomic mass is 35.5. The first-order valence-electron chi connectivity index (χ1n) is 10.2. The molecular formula is C25H21ClN4O. The second-order valence-corrected chi connectivity index (χ2v) is 7.98. The molecule has 2 heterocycles. The molecule has 2 atom stereocenters. The van der Waals surface area contributed by atoms with Crippen LogP contribution in [0.5, 0.6) is 6.01 Å². The van der Waals surface area contributed by atoms with E-state index in [1.807, 2.05) is 24.3 Å². The van der Waals surface area contributed by atoms with Gasteiger partial charge in [-0.15, -0.1) is 0 Å². The second kappa shape index (κ2) is 8.44. The Morgan fingerprint density at radius 2 is 1.16 bits per heavy atom. The van der Waals surface area contributed by atoms with Crippen LogP contribution in [0.2, 0.25) is 5.28 Å². The third kappa shape index (κ3) is 3.66. The summed E-state index contributed by atoms with van der Waals surface area (Å²) in [5.41, 5.74) is 4.40. The number of hydrogen-bond donors (Lipinski definition) is 0. The number of benzene rings is 2. The van der Waals surface area contributed by atoms with E-state index in [9.17, 15) is 0 Å². The standard InChI is InChI=1S/C25H21ClN4O/c1-31-25-28-15-13-19(30-25)23-20(16-8-4-2-5-9-16)22(18-12-14-27-24(26)29-18)21(23)17-10-6-3-7-11-17/h2-15,20-23H,1H3. The van der Waals surface area contributed by atoms with Crippen molar-refractivity contribution in [3.8, 4) is 6.01 Å². The summed E-state index contributed by atoms with van der Waals surface area (Å²) in [6.45, 7) is 0. The number of nitrogens with zero attached hydrogens (tertiary/aromatic N) is 4. The van der Waals surface area contributed by atoms with Crippen LogP contribution in [0.1, 0.15) is 46.2 Å². The van der Waals surface area contributed by atoms with Crippen molar-refractivity contribution >= 4 is 11.6 Å². The molecule has 1 aliphatic rings. The minimum absolute atomic E-state index is 0.135. The lowest BCUT2D eigenvalue weighted by Crippen LogP contribution is -2.41. The van der Waals surface area contributed by atoms with Gasteiger partial charge in [0.05, 0.1) is 12.8 Å². The molecule has 5 rings (SSSR count). The summed E-state index contributed by atoms with van der Waals surface area (Å²) in [5, 5.41) is 0.267. The third-order valence-electron chi connectivity index (χ3n) is 6.08. The Hall–Kier alpha value is -3.31. The Bertz CT molecular complexity index is 1120. The van der Waals surface area contributed by atoms with Gasteiger partial charge < -0.3 is 4.74 Å². The van der Waals surface area contributed by atoms with Crippen LogP contribution in [0, 0.1) is 0 Å². The summed E-state index contributed by atoms with van der Waals surface area (Å²) >= 11 is 6.19. The summed E-state index contributed by atoms with van der Waals surface area (Å²) in [4.78, 5) is 17.6. The first-order chi connectivity index (χ1) is 15.3. The summed E-state index contributed by atoms with van der Waals surface area (Å²) in [5.74, 6) is 0.630. The minimum Gasteiger partial charge on any atom is -0.467 e. The van der Waals surface area contributed by atoms with E-state index >= 15 is 0 Å². The number of ether oxygens (including phenoxy) is 1. The molecular weight excluding hydrogens is 408 g/mol. The summed E-state index contributed by atoms with van der Waals surface area (Å²) in [6, 6.07) is 25.4. The van der Waals surface area contributed by atoms with E-state index < -0.39 is 0 Å². The molecule has 4 aromatic rings. The molecule has 0 bridgehead atoms. The second-order valence-electron chi connectivity index (χ2n) is 7.64. The van der Waals surface area contributed by atoms with E-state index in [0.29, 0.717) is 6.01 Å². The molecule has 2 aromatic carbocycles. The zero-order valence-electron chi connectivity index (χ0n) is 17.0. The van der Waals surface area contributed by atoms with Crippen molar-refractivity contribution in [1.29, 1.82) is 0 Å². The van der Waals surface area contributed by atoms with Crippen LogP contribution >= 0.6 is 11.6 Å². The average molecular weight is 429 g/mol. The Kier molecular flexibility index (Phi) is 5.35. The van der Waals surface area contributed by atoms with Crippen molar-refractivity contribution in [1.82, 2.24) is 19.9 Å². The zero-order valence-corrected chi connectivity index (χ0v) is 17.7. The molecule has 0 aliphatic heterocycles. The van der Waals surface area contributed by atoms with Crippen LogP contribution in [0.3, 0.4) is 0 Å². The van der Waals surface area contributed by atoms with Crippen LogP contribution in [0.15, 0.2) is 85.2 Å². The van der Waals surface area contributed by atoms with Gasteiger partial charge in [-0.2, -0.15) is 4.98 Å². The molecule has 0 radical (unpaired) electrons. The maximum Gasteiger partial charge on any atom is 0.316 e. The molecule has 5 nitrogen and oxygen atoms in total. The first-order valence-corrected chi connectivity index (χ1v) is 10.6. The van der Waals surface area contributed by atoms with Gasteiger partial charge in [0, 0.05) is 41.8 Å². The largest absolute Gasteiger partial charge is 0.467 e. The van der Waals surface area contributed by atoms with Crippen molar-refractivity contribution in [3.05, 3.63) is 113 Å². The fourth-order valence-electron chi connectivity index (χ4n) is 4.84. The first kappa shape index (κ1) is 19.6. The van der Waals surface area contributed by atoms with E-state index in [4.69, 9.17) is 21.3 Å². The molecule has 1 fully saturated rings. The Labute approximate surface area is 186 Å². The Balaban J connectivity index is 1.69. The van der Waals surface area contributed by atoms with Gasteiger partial charge in [-0.3, -0.25) is 0 Å². The molecule has 31 heavy (non-hydrogen) atoms. The number of halogens is 1. The highest BCUT2D eigenvalue weighted by Gasteiger charge is 2.54. The quantitative estimate of drug-likeness (QED) is 0.399. The Morgan fingerprint density at radius 3 is 1.68 bits per heavy atom. The predicted octanol–water partition coefficient (Wildman–Crippen LogP) is 5.38. The van der Waals surface area contributed by atoms with E-state index in [1.54, 1.807) is 19.5 Å². The van der Waals surface area contributed by atoms with Crippen LogP contribution in [0.25, 0.3) is 0 Å². The normalized spacial score (nSPS) is 22.5. The molecule has 2 unspecified atom stereocenters.